The summed E-state index contributed by atoms with van der Waals surface area (Å²) >= 11 is 0. The predicted molar refractivity (Wildman–Crippen MR) is 327 cm³/mol. The van der Waals surface area contributed by atoms with Crippen LogP contribution in [0.15, 0.2) is 158 Å². The van der Waals surface area contributed by atoms with Crippen molar-refractivity contribution in [3.63, 3.8) is 0 Å². The lowest BCUT2D eigenvalue weighted by atomic mass is 10.1. The number of carboxylic acids is 1. The van der Waals surface area contributed by atoms with Crippen molar-refractivity contribution in [3.8, 4) is 0 Å². The monoisotopic (exact) mass is 1070 g/mol. The summed E-state index contributed by atoms with van der Waals surface area (Å²) in [5.41, 5.74) is 0. The first-order chi connectivity index (χ1) is 37.6. The summed E-state index contributed by atoms with van der Waals surface area (Å²) in [6.45, 7) is 4.57. The van der Waals surface area contributed by atoms with Gasteiger partial charge in [-0.25, -0.2) is 4.79 Å². The van der Waals surface area contributed by atoms with Crippen molar-refractivity contribution >= 4 is 17.9 Å². The molecule has 432 valence electrons. The molecule has 0 saturated carbocycles. The molecule has 0 spiro atoms. The van der Waals surface area contributed by atoms with Gasteiger partial charge in [0.05, 0.1) is 34.4 Å². The van der Waals surface area contributed by atoms with Gasteiger partial charge in [0.1, 0.15) is 13.2 Å². The standard InChI is InChI=1S/C68H107NO8/c1-6-8-10-12-14-16-18-20-22-24-26-28-30-31-32-33-34-35-37-39-41-43-45-47-49-51-53-55-57-59-66(71)77-64(63-76-68(67(72)73)74-61-60-69(3,4)5)62-75-65(70)58-56-54-52-50-48-46-44-42-40-38-36-29-27-25-23-21-19-17-15-13-11-9-7-2/h8-11,14-17,20-23,26-29,31-32,34-35,38-41,44,46,64,68H,6-7,12-13,18-19,24-25,30,33,36-37,42-43,45,47-63H2,1-5H3/p+1/b10-8-,11-9-,16-14-,17-15-,22-20-,23-21-,28-26-,29-27-,32-31-,35-34-,40-38-,41-39-,46-44-. The number of allylic oxidation sites excluding steroid dienone is 26. The maximum Gasteiger partial charge on any atom is 0.361 e. The van der Waals surface area contributed by atoms with Crippen LogP contribution in [0.2, 0.25) is 0 Å². The topological polar surface area (TPSA) is 108 Å². The van der Waals surface area contributed by atoms with E-state index in [2.05, 4.69) is 172 Å². The fraction of sp³-hybridized carbons (Fsp3) is 0.574. The van der Waals surface area contributed by atoms with Gasteiger partial charge in [0.15, 0.2) is 6.10 Å². The van der Waals surface area contributed by atoms with Crippen molar-refractivity contribution in [2.24, 2.45) is 0 Å². The maximum absolute atomic E-state index is 12.9. The van der Waals surface area contributed by atoms with Gasteiger partial charge in [-0.15, -0.1) is 0 Å². The third-order valence-electron chi connectivity index (χ3n) is 11.8. The zero-order chi connectivity index (χ0) is 56.2. The molecule has 0 rings (SSSR count). The number of ether oxygens (including phenoxy) is 4. The van der Waals surface area contributed by atoms with Crippen LogP contribution in [0.25, 0.3) is 0 Å². The number of carboxylic acid groups (broad SMARTS) is 1. The van der Waals surface area contributed by atoms with Crippen molar-refractivity contribution in [2.75, 3.05) is 47.5 Å². The Morgan fingerprint density at radius 3 is 1.04 bits per heavy atom. The molecule has 0 aromatic rings. The van der Waals surface area contributed by atoms with Crippen LogP contribution in [-0.4, -0.2) is 87.4 Å². The predicted octanol–water partition coefficient (Wildman–Crippen LogP) is 17.8. The van der Waals surface area contributed by atoms with Gasteiger partial charge in [0, 0.05) is 12.8 Å². The van der Waals surface area contributed by atoms with Gasteiger partial charge in [-0.3, -0.25) is 9.59 Å². The van der Waals surface area contributed by atoms with Gasteiger partial charge in [-0.1, -0.05) is 217 Å². The number of likely N-dealkylation sites (N-methyl/N-ethyl adjacent to an activating group) is 1. The van der Waals surface area contributed by atoms with E-state index >= 15 is 0 Å². The lowest BCUT2D eigenvalue weighted by molar-refractivity contribution is -0.870. The molecule has 0 radical (unpaired) electrons. The molecule has 9 nitrogen and oxygen atoms in total. The number of hydrogen-bond donors (Lipinski definition) is 1. The van der Waals surface area contributed by atoms with Gasteiger partial charge in [-0.05, 0) is 122 Å². The number of carbonyl (C=O) groups excluding carboxylic acids is 2. The number of rotatable bonds is 52. The van der Waals surface area contributed by atoms with Crippen molar-refractivity contribution in [1.29, 1.82) is 0 Å². The second-order valence-electron chi connectivity index (χ2n) is 20.2. The molecule has 0 heterocycles. The molecule has 0 aromatic heterocycles. The SMILES string of the molecule is CC/C=C\C/C=C\C/C=C\C/C=C\C/C=C\C/C=C\C/C=C\CCCCCCCCCC(=O)OC(COC(=O)CCCCCC/C=C\C/C=C\C/C=C\C/C=C\C/C=C\C/C=C\CC)COC(OCC[N+](C)(C)C)C(=O)O. The molecule has 0 bridgehead atoms. The second-order valence-corrected chi connectivity index (χ2v) is 20.2. The van der Waals surface area contributed by atoms with E-state index in [0.717, 1.165) is 135 Å². The highest BCUT2D eigenvalue weighted by Gasteiger charge is 2.25. The lowest BCUT2D eigenvalue weighted by Crippen LogP contribution is -2.40. The Labute approximate surface area is 470 Å². The number of esters is 2. The van der Waals surface area contributed by atoms with Gasteiger partial charge >= 0.3 is 17.9 Å². The minimum atomic E-state index is -1.53. The van der Waals surface area contributed by atoms with Crippen molar-refractivity contribution < 1.29 is 42.9 Å². The third-order valence-corrected chi connectivity index (χ3v) is 11.8. The molecule has 0 aliphatic heterocycles. The number of quaternary nitrogens is 1. The summed E-state index contributed by atoms with van der Waals surface area (Å²) in [6, 6.07) is 0. The number of aliphatic carboxylic acids is 1. The highest BCUT2D eigenvalue weighted by Crippen LogP contribution is 2.13. The fourth-order valence-electron chi connectivity index (χ4n) is 7.29. The van der Waals surface area contributed by atoms with Crippen molar-refractivity contribution in [1.82, 2.24) is 0 Å². The Balaban J connectivity index is 4.37. The molecule has 0 aliphatic carbocycles. The van der Waals surface area contributed by atoms with Crippen LogP contribution in [-0.2, 0) is 33.3 Å². The van der Waals surface area contributed by atoms with Gasteiger partial charge in [0.2, 0.25) is 0 Å². The summed E-state index contributed by atoms with van der Waals surface area (Å²) in [5.74, 6) is -2.08. The van der Waals surface area contributed by atoms with E-state index in [4.69, 9.17) is 18.9 Å². The van der Waals surface area contributed by atoms with Crippen LogP contribution >= 0.6 is 0 Å². The lowest BCUT2D eigenvalue weighted by Gasteiger charge is -2.25. The van der Waals surface area contributed by atoms with Crippen molar-refractivity contribution in [3.05, 3.63) is 158 Å². The normalized spacial score (nSPS) is 13.9. The van der Waals surface area contributed by atoms with E-state index in [-0.39, 0.29) is 38.6 Å². The van der Waals surface area contributed by atoms with Crippen LogP contribution in [0.1, 0.15) is 194 Å². The fourth-order valence-corrected chi connectivity index (χ4v) is 7.29. The average Bonchev–Trinajstić information content (AvgIpc) is 3.40. The quantitative estimate of drug-likeness (QED) is 0.0211. The summed E-state index contributed by atoms with van der Waals surface area (Å²) in [7, 11) is 5.94. The Morgan fingerprint density at radius 1 is 0.390 bits per heavy atom. The van der Waals surface area contributed by atoms with E-state index in [1.807, 2.05) is 21.1 Å². The Kier molecular flexibility index (Phi) is 53.3. The minimum Gasteiger partial charge on any atom is -0.477 e. The van der Waals surface area contributed by atoms with E-state index in [9.17, 15) is 19.5 Å². The molecule has 77 heavy (non-hydrogen) atoms. The number of nitrogens with zero attached hydrogens (tertiary/aromatic N) is 1. The Morgan fingerprint density at radius 2 is 0.701 bits per heavy atom. The molecule has 0 amide bonds. The van der Waals surface area contributed by atoms with E-state index in [0.29, 0.717) is 23.9 Å². The molecule has 9 heteroatoms. The molecule has 0 aliphatic rings. The van der Waals surface area contributed by atoms with Crippen LogP contribution in [0.4, 0.5) is 0 Å². The maximum atomic E-state index is 12.9. The smallest absolute Gasteiger partial charge is 0.361 e. The molecular formula is C68H108NO8+. The van der Waals surface area contributed by atoms with Crippen LogP contribution in [0.5, 0.6) is 0 Å². The molecular weight excluding hydrogens is 959 g/mol. The molecule has 2 atom stereocenters. The minimum absolute atomic E-state index is 0.171. The Bertz CT molecular complexity index is 1810. The van der Waals surface area contributed by atoms with Gasteiger partial charge in [0.25, 0.3) is 6.29 Å². The molecule has 0 fully saturated rings. The largest absolute Gasteiger partial charge is 0.477 e. The number of carbonyl (C=O) groups is 3. The summed E-state index contributed by atoms with van der Waals surface area (Å²) in [5, 5.41) is 9.71. The van der Waals surface area contributed by atoms with E-state index < -0.39 is 24.3 Å². The summed E-state index contributed by atoms with van der Waals surface area (Å²) < 4.78 is 22.8. The van der Waals surface area contributed by atoms with Gasteiger partial charge in [-0.2, -0.15) is 0 Å². The summed E-state index contributed by atoms with van der Waals surface area (Å²) in [4.78, 5) is 37.5. The number of hydrogen-bond acceptors (Lipinski definition) is 7. The molecule has 0 saturated heterocycles. The highest BCUT2D eigenvalue weighted by atomic mass is 16.7. The highest BCUT2D eigenvalue weighted by molar-refractivity contribution is 5.71. The number of unbranched alkanes of at least 4 members (excludes halogenated alkanes) is 11. The zero-order valence-corrected chi connectivity index (χ0v) is 49.0. The zero-order valence-electron chi connectivity index (χ0n) is 49.0. The average molecular weight is 1070 g/mol. The van der Waals surface area contributed by atoms with Gasteiger partial charge < -0.3 is 28.5 Å². The first-order valence-corrected chi connectivity index (χ1v) is 29.6. The third kappa shape index (κ3) is 58.4. The van der Waals surface area contributed by atoms with Crippen LogP contribution < -0.4 is 0 Å². The molecule has 2 unspecified atom stereocenters. The molecule has 0 aromatic carbocycles. The summed E-state index contributed by atoms with van der Waals surface area (Å²) in [6.07, 6.45) is 81.7. The van der Waals surface area contributed by atoms with Crippen molar-refractivity contribution in [2.45, 2.75) is 206 Å². The first kappa shape index (κ1) is 71.9. The van der Waals surface area contributed by atoms with Crippen LogP contribution in [0, 0.1) is 0 Å². The van der Waals surface area contributed by atoms with E-state index in [1.165, 1.54) is 19.3 Å². The first-order valence-electron chi connectivity index (χ1n) is 29.6. The Hall–Kier alpha value is -5.09. The van der Waals surface area contributed by atoms with E-state index in [1.54, 1.807) is 0 Å². The molecule has 1 N–H and O–H groups in total. The second kappa shape index (κ2) is 57.1. The van der Waals surface area contributed by atoms with Crippen LogP contribution in [0.3, 0.4) is 0 Å².